The van der Waals surface area contributed by atoms with E-state index in [1.807, 2.05) is 7.05 Å². The molecule has 1 aliphatic heterocycles. The number of hydrogen-bond donors (Lipinski definition) is 1. The number of rotatable bonds is 5. The fourth-order valence-corrected chi connectivity index (χ4v) is 4.15. The van der Waals surface area contributed by atoms with Crippen LogP contribution in [-0.2, 0) is 10.0 Å². The number of piperidine rings is 1. The SMILES string of the molecule is CNC1CCN(S(=O)(=O)c2cc(OC)ccc2OC)CC1. The first kappa shape index (κ1) is 16.1. The fourth-order valence-electron chi connectivity index (χ4n) is 2.51. The number of nitrogens with zero attached hydrogens (tertiary/aromatic N) is 1. The number of ether oxygens (including phenoxy) is 2. The van der Waals surface area contributed by atoms with Crippen LogP contribution in [-0.4, -0.2) is 53.1 Å². The summed E-state index contributed by atoms with van der Waals surface area (Å²) in [5.41, 5.74) is 0. The van der Waals surface area contributed by atoms with Crippen LogP contribution in [0, 0.1) is 0 Å². The predicted molar refractivity (Wildman–Crippen MR) is 80.4 cm³/mol. The van der Waals surface area contributed by atoms with Crippen molar-refractivity contribution < 1.29 is 17.9 Å². The van der Waals surface area contributed by atoms with Gasteiger partial charge >= 0.3 is 0 Å². The highest BCUT2D eigenvalue weighted by atomic mass is 32.2. The third-order valence-electron chi connectivity index (χ3n) is 3.85. The summed E-state index contributed by atoms with van der Waals surface area (Å²) in [4.78, 5) is 0.159. The van der Waals surface area contributed by atoms with Crippen LogP contribution >= 0.6 is 0 Å². The van der Waals surface area contributed by atoms with Gasteiger partial charge < -0.3 is 14.8 Å². The van der Waals surface area contributed by atoms with Crippen LogP contribution in [0.15, 0.2) is 23.1 Å². The molecule has 0 spiro atoms. The summed E-state index contributed by atoms with van der Waals surface area (Å²) in [5.74, 6) is 0.839. The molecule has 6 nitrogen and oxygen atoms in total. The first-order valence-corrected chi connectivity index (χ1v) is 8.36. The van der Waals surface area contributed by atoms with E-state index in [2.05, 4.69) is 5.32 Å². The van der Waals surface area contributed by atoms with Crippen molar-refractivity contribution in [2.75, 3.05) is 34.4 Å². The van der Waals surface area contributed by atoms with Gasteiger partial charge in [-0.15, -0.1) is 0 Å². The van der Waals surface area contributed by atoms with Crippen molar-refractivity contribution in [1.82, 2.24) is 9.62 Å². The molecule has 7 heteroatoms. The number of benzene rings is 1. The lowest BCUT2D eigenvalue weighted by molar-refractivity contribution is 0.297. The average molecular weight is 314 g/mol. The van der Waals surface area contributed by atoms with E-state index in [1.54, 1.807) is 12.1 Å². The normalized spacial score (nSPS) is 17.7. The Morgan fingerprint density at radius 2 is 1.86 bits per heavy atom. The molecule has 0 unspecified atom stereocenters. The van der Waals surface area contributed by atoms with Gasteiger partial charge in [-0.2, -0.15) is 4.31 Å². The van der Waals surface area contributed by atoms with Crippen molar-refractivity contribution in [3.8, 4) is 11.5 Å². The minimum absolute atomic E-state index is 0.159. The molecule has 0 bridgehead atoms. The summed E-state index contributed by atoms with van der Waals surface area (Å²) in [7, 11) is 1.31. The van der Waals surface area contributed by atoms with Gasteiger partial charge in [-0.05, 0) is 32.0 Å². The highest BCUT2D eigenvalue weighted by molar-refractivity contribution is 7.89. The summed E-state index contributed by atoms with van der Waals surface area (Å²) in [6, 6.07) is 5.19. The molecule has 1 aromatic rings. The molecular weight excluding hydrogens is 292 g/mol. The lowest BCUT2D eigenvalue weighted by Gasteiger charge is -2.31. The Hall–Kier alpha value is -1.31. The molecule has 1 N–H and O–H groups in total. The molecule has 1 heterocycles. The van der Waals surface area contributed by atoms with E-state index in [9.17, 15) is 8.42 Å². The molecule has 1 aromatic carbocycles. The van der Waals surface area contributed by atoms with Gasteiger partial charge in [-0.1, -0.05) is 0 Å². The zero-order valence-electron chi connectivity index (χ0n) is 12.6. The van der Waals surface area contributed by atoms with Gasteiger partial charge in [-0.25, -0.2) is 8.42 Å². The average Bonchev–Trinajstić information content (AvgIpc) is 2.54. The number of nitrogens with one attached hydrogen (secondary N) is 1. The molecule has 0 aliphatic carbocycles. The van der Waals surface area contributed by atoms with Crippen molar-refractivity contribution in [3.63, 3.8) is 0 Å². The lowest BCUT2D eigenvalue weighted by Crippen LogP contribution is -2.43. The second kappa shape index (κ2) is 6.64. The summed E-state index contributed by atoms with van der Waals surface area (Å²) in [5, 5.41) is 3.19. The Morgan fingerprint density at radius 3 is 2.38 bits per heavy atom. The maximum atomic E-state index is 12.8. The molecule has 1 saturated heterocycles. The maximum absolute atomic E-state index is 12.8. The van der Waals surface area contributed by atoms with Gasteiger partial charge in [0.1, 0.15) is 16.4 Å². The van der Waals surface area contributed by atoms with Gasteiger partial charge in [0, 0.05) is 25.2 Å². The van der Waals surface area contributed by atoms with Crippen LogP contribution in [0.25, 0.3) is 0 Å². The highest BCUT2D eigenvalue weighted by Crippen LogP contribution is 2.31. The van der Waals surface area contributed by atoms with E-state index in [-0.39, 0.29) is 4.90 Å². The monoisotopic (exact) mass is 314 g/mol. The zero-order chi connectivity index (χ0) is 15.5. The third kappa shape index (κ3) is 3.30. The Labute approximate surface area is 126 Å². The van der Waals surface area contributed by atoms with Gasteiger partial charge in [0.25, 0.3) is 0 Å². The van der Waals surface area contributed by atoms with E-state index >= 15 is 0 Å². The first-order valence-electron chi connectivity index (χ1n) is 6.92. The molecule has 0 amide bonds. The molecule has 0 aromatic heterocycles. The van der Waals surface area contributed by atoms with Gasteiger partial charge in [0.2, 0.25) is 10.0 Å². The van der Waals surface area contributed by atoms with Crippen molar-refractivity contribution in [1.29, 1.82) is 0 Å². The van der Waals surface area contributed by atoms with Crippen LogP contribution in [0.1, 0.15) is 12.8 Å². The Bertz CT molecular complexity index is 581. The molecule has 0 atom stereocenters. The van der Waals surface area contributed by atoms with Crippen LogP contribution in [0.3, 0.4) is 0 Å². The Morgan fingerprint density at radius 1 is 1.19 bits per heavy atom. The van der Waals surface area contributed by atoms with E-state index in [1.165, 1.54) is 24.6 Å². The van der Waals surface area contributed by atoms with Crippen molar-refractivity contribution in [2.24, 2.45) is 0 Å². The first-order chi connectivity index (χ1) is 10.0. The van der Waals surface area contributed by atoms with Crippen LogP contribution in [0.5, 0.6) is 11.5 Å². The second-order valence-corrected chi connectivity index (χ2v) is 6.89. The maximum Gasteiger partial charge on any atom is 0.246 e. The van der Waals surface area contributed by atoms with E-state index < -0.39 is 10.0 Å². The van der Waals surface area contributed by atoms with E-state index in [0.29, 0.717) is 30.6 Å². The number of sulfonamides is 1. The lowest BCUT2D eigenvalue weighted by atomic mass is 10.1. The van der Waals surface area contributed by atoms with Crippen LogP contribution < -0.4 is 14.8 Å². The quantitative estimate of drug-likeness (QED) is 0.881. The minimum atomic E-state index is -3.57. The predicted octanol–water partition coefficient (Wildman–Crippen LogP) is 1.08. The van der Waals surface area contributed by atoms with E-state index in [0.717, 1.165) is 12.8 Å². The smallest absolute Gasteiger partial charge is 0.246 e. The Balaban J connectivity index is 2.31. The molecule has 21 heavy (non-hydrogen) atoms. The minimum Gasteiger partial charge on any atom is -0.497 e. The number of hydrogen-bond acceptors (Lipinski definition) is 5. The molecule has 0 saturated carbocycles. The molecule has 118 valence electrons. The molecule has 1 fully saturated rings. The van der Waals surface area contributed by atoms with Gasteiger partial charge in [0.15, 0.2) is 0 Å². The van der Waals surface area contributed by atoms with Crippen LogP contribution in [0.4, 0.5) is 0 Å². The largest absolute Gasteiger partial charge is 0.497 e. The Kier molecular flexibility index (Phi) is 5.08. The molecule has 1 aliphatic rings. The highest BCUT2D eigenvalue weighted by Gasteiger charge is 2.31. The topological polar surface area (TPSA) is 67.9 Å². The summed E-state index contributed by atoms with van der Waals surface area (Å²) in [6.07, 6.45) is 1.62. The summed E-state index contributed by atoms with van der Waals surface area (Å²) in [6.45, 7) is 1.02. The zero-order valence-corrected chi connectivity index (χ0v) is 13.4. The van der Waals surface area contributed by atoms with Crippen molar-refractivity contribution in [2.45, 2.75) is 23.8 Å². The third-order valence-corrected chi connectivity index (χ3v) is 5.77. The van der Waals surface area contributed by atoms with Crippen molar-refractivity contribution >= 4 is 10.0 Å². The standard InChI is InChI=1S/C14H22N2O4S/c1-15-11-6-8-16(9-7-11)21(17,18)14-10-12(19-2)4-5-13(14)20-3/h4-5,10-11,15H,6-9H2,1-3H3. The van der Waals surface area contributed by atoms with Crippen LogP contribution in [0.2, 0.25) is 0 Å². The van der Waals surface area contributed by atoms with Gasteiger partial charge in [0.05, 0.1) is 14.2 Å². The molecular formula is C14H22N2O4S. The fraction of sp³-hybridized carbons (Fsp3) is 0.571. The van der Waals surface area contributed by atoms with Gasteiger partial charge in [-0.3, -0.25) is 0 Å². The second-order valence-electron chi connectivity index (χ2n) is 4.98. The summed E-state index contributed by atoms with van der Waals surface area (Å²) < 4.78 is 37.4. The number of methoxy groups -OCH3 is 2. The van der Waals surface area contributed by atoms with E-state index in [4.69, 9.17) is 9.47 Å². The molecule has 0 radical (unpaired) electrons. The molecule has 2 rings (SSSR count). The van der Waals surface area contributed by atoms with Crippen molar-refractivity contribution in [3.05, 3.63) is 18.2 Å². The summed E-state index contributed by atoms with van der Waals surface area (Å²) >= 11 is 0.